The van der Waals surface area contributed by atoms with E-state index in [-0.39, 0.29) is 32.0 Å². The molecule has 0 aromatic heterocycles. The van der Waals surface area contributed by atoms with Crippen LogP contribution in [0, 0.1) is 0 Å². The first-order valence-electron chi connectivity index (χ1n) is 24.6. The summed E-state index contributed by atoms with van der Waals surface area (Å²) in [5.41, 5.74) is 0. The molecule has 0 radical (unpaired) electrons. The molecule has 10 heteroatoms. The second-order valence-corrected chi connectivity index (χ2v) is 17.3. The van der Waals surface area contributed by atoms with E-state index >= 15 is 0 Å². The lowest BCUT2D eigenvalue weighted by Crippen LogP contribution is -2.59. The van der Waals surface area contributed by atoms with E-state index in [2.05, 4.69) is 13.8 Å². The van der Waals surface area contributed by atoms with E-state index < -0.39 is 49.4 Å². The van der Waals surface area contributed by atoms with Crippen LogP contribution in [0.15, 0.2) is 0 Å². The molecule has 344 valence electrons. The number of aliphatic hydroxyl groups is 4. The van der Waals surface area contributed by atoms with E-state index in [0.29, 0.717) is 6.42 Å². The highest BCUT2D eigenvalue weighted by Crippen LogP contribution is 2.23. The topological polar surface area (TPSA) is 152 Å². The van der Waals surface area contributed by atoms with Crippen molar-refractivity contribution in [3.8, 4) is 0 Å². The van der Waals surface area contributed by atoms with E-state index in [1.54, 1.807) is 0 Å². The van der Waals surface area contributed by atoms with Gasteiger partial charge in [-0.15, -0.1) is 0 Å². The van der Waals surface area contributed by atoms with Crippen LogP contribution in [-0.2, 0) is 28.5 Å². The number of carbonyl (C=O) groups is 2. The molecule has 1 aliphatic heterocycles. The Morgan fingerprint density at radius 1 is 0.466 bits per heavy atom. The molecule has 1 rings (SSSR count). The van der Waals surface area contributed by atoms with Crippen LogP contribution in [0.3, 0.4) is 0 Å². The van der Waals surface area contributed by atoms with Gasteiger partial charge in [0.05, 0.1) is 13.2 Å². The van der Waals surface area contributed by atoms with Gasteiger partial charge in [0, 0.05) is 12.8 Å². The van der Waals surface area contributed by atoms with Crippen LogP contribution in [0.4, 0.5) is 0 Å². The molecule has 2 unspecified atom stereocenters. The molecule has 0 aromatic carbocycles. The van der Waals surface area contributed by atoms with Gasteiger partial charge in [0.25, 0.3) is 0 Å². The minimum Gasteiger partial charge on any atom is -0.462 e. The van der Waals surface area contributed by atoms with E-state index in [4.69, 9.17) is 18.9 Å². The largest absolute Gasteiger partial charge is 0.462 e. The summed E-state index contributed by atoms with van der Waals surface area (Å²) in [6, 6.07) is 0. The summed E-state index contributed by atoms with van der Waals surface area (Å²) in [4.78, 5) is 25.3. The second kappa shape index (κ2) is 39.8. The van der Waals surface area contributed by atoms with Crippen molar-refractivity contribution in [2.24, 2.45) is 0 Å². The van der Waals surface area contributed by atoms with Crippen LogP contribution < -0.4 is 0 Å². The monoisotopic (exact) mass is 829 g/mol. The zero-order valence-corrected chi connectivity index (χ0v) is 37.6. The molecule has 6 atom stereocenters. The molecule has 0 amide bonds. The Balaban J connectivity index is 2.20. The summed E-state index contributed by atoms with van der Waals surface area (Å²) >= 11 is 0. The van der Waals surface area contributed by atoms with E-state index in [1.807, 2.05) is 0 Å². The Hall–Kier alpha value is -1.30. The van der Waals surface area contributed by atoms with Crippen molar-refractivity contribution < 1.29 is 49.0 Å². The molecule has 4 N–H and O–H groups in total. The van der Waals surface area contributed by atoms with Gasteiger partial charge in [0.15, 0.2) is 12.4 Å². The lowest BCUT2D eigenvalue weighted by Gasteiger charge is -2.39. The lowest BCUT2D eigenvalue weighted by molar-refractivity contribution is -0.305. The molecule has 1 fully saturated rings. The highest BCUT2D eigenvalue weighted by molar-refractivity contribution is 5.70. The molecule has 0 bridgehead atoms. The number of hydrogen-bond donors (Lipinski definition) is 4. The van der Waals surface area contributed by atoms with Crippen LogP contribution >= 0.6 is 0 Å². The fraction of sp³-hybridized carbons (Fsp3) is 0.958. The van der Waals surface area contributed by atoms with Crippen molar-refractivity contribution in [2.45, 2.75) is 275 Å². The number of unbranched alkanes of at least 4 members (excludes halogenated alkanes) is 31. The van der Waals surface area contributed by atoms with Gasteiger partial charge in [0.1, 0.15) is 31.0 Å². The van der Waals surface area contributed by atoms with E-state index in [0.717, 1.165) is 32.1 Å². The summed E-state index contributed by atoms with van der Waals surface area (Å²) in [5.74, 6) is -0.792. The van der Waals surface area contributed by atoms with Crippen LogP contribution in [0.5, 0.6) is 0 Å². The zero-order valence-electron chi connectivity index (χ0n) is 37.6. The first-order chi connectivity index (χ1) is 28.3. The van der Waals surface area contributed by atoms with Gasteiger partial charge in [0.2, 0.25) is 0 Å². The third kappa shape index (κ3) is 30.7. The summed E-state index contributed by atoms with van der Waals surface area (Å²) < 4.78 is 22.2. The molecule has 0 aliphatic carbocycles. The van der Waals surface area contributed by atoms with Crippen LogP contribution in [-0.4, -0.2) is 89.0 Å². The molecule has 0 saturated carbocycles. The van der Waals surface area contributed by atoms with Crippen LogP contribution in [0.1, 0.15) is 239 Å². The molecule has 0 aromatic rings. The number of rotatable bonds is 42. The predicted octanol–water partition coefficient (Wildman–Crippen LogP) is 11.0. The Bertz CT molecular complexity index is 917. The van der Waals surface area contributed by atoms with E-state index in [1.165, 1.54) is 173 Å². The van der Waals surface area contributed by atoms with Gasteiger partial charge in [-0.1, -0.05) is 213 Å². The van der Waals surface area contributed by atoms with Crippen molar-refractivity contribution in [3.05, 3.63) is 0 Å². The number of carbonyl (C=O) groups excluding carboxylic acids is 2. The van der Waals surface area contributed by atoms with Gasteiger partial charge >= 0.3 is 11.9 Å². The SMILES string of the molecule is CCCCCCCCCCCCCCCCCCCCCCCCCC(=O)O[C@H](COC(=O)CCCCCCCCCCCC)CO[C@@H]1O[C@H](CO)[C@H](O)C(O)C1O. The molecule has 1 aliphatic rings. The second-order valence-electron chi connectivity index (χ2n) is 17.3. The minimum atomic E-state index is -1.59. The molecule has 10 nitrogen and oxygen atoms in total. The van der Waals surface area contributed by atoms with E-state index in [9.17, 15) is 30.0 Å². The molecule has 58 heavy (non-hydrogen) atoms. The van der Waals surface area contributed by atoms with Gasteiger partial charge in [-0.05, 0) is 12.8 Å². The lowest BCUT2D eigenvalue weighted by atomic mass is 9.99. The zero-order chi connectivity index (χ0) is 42.3. The highest BCUT2D eigenvalue weighted by Gasteiger charge is 2.44. The fourth-order valence-corrected chi connectivity index (χ4v) is 7.84. The van der Waals surface area contributed by atoms with Crippen molar-refractivity contribution in [1.82, 2.24) is 0 Å². The number of ether oxygens (including phenoxy) is 4. The number of aliphatic hydroxyl groups excluding tert-OH is 4. The standard InChI is InChI=1S/C48H92O10/c1-3-5-7-9-11-13-15-16-17-18-19-20-21-22-23-24-25-26-27-29-31-33-35-37-44(51)57-41(40-56-48-47(54)46(53)45(52)42(38-49)58-48)39-55-43(50)36-34-32-30-28-14-12-10-8-6-4-2/h41-42,45-49,52-54H,3-40H2,1-2H3/t41-,42-,45+,46?,47?,48-/m1/s1. The molecular weight excluding hydrogens is 737 g/mol. The Kier molecular flexibility index (Phi) is 37.6. The van der Waals surface area contributed by atoms with Gasteiger partial charge in [-0.2, -0.15) is 0 Å². The average Bonchev–Trinajstić information content (AvgIpc) is 3.22. The summed E-state index contributed by atoms with van der Waals surface area (Å²) in [6.07, 6.45) is 34.1. The molecule has 1 saturated heterocycles. The summed E-state index contributed by atoms with van der Waals surface area (Å²) in [5, 5.41) is 40.1. The Morgan fingerprint density at radius 3 is 1.17 bits per heavy atom. The number of hydrogen-bond acceptors (Lipinski definition) is 10. The maximum atomic E-state index is 12.8. The summed E-state index contributed by atoms with van der Waals surface area (Å²) in [6.45, 7) is 3.45. The maximum Gasteiger partial charge on any atom is 0.306 e. The molecule has 0 spiro atoms. The Morgan fingerprint density at radius 2 is 0.810 bits per heavy atom. The average molecular weight is 829 g/mol. The van der Waals surface area contributed by atoms with Crippen molar-refractivity contribution >= 4 is 11.9 Å². The minimum absolute atomic E-state index is 0.209. The van der Waals surface area contributed by atoms with Crippen molar-refractivity contribution in [3.63, 3.8) is 0 Å². The summed E-state index contributed by atoms with van der Waals surface area (Å²) in [7, 11) is 0. The van der Waals surface area contributed by atoms with Gasteiger partial charge in [-0.25, -0.2) is 0 Å². The number of esters is 2. The molecular formula is C48H92O10. The quantitative estimate of drug-likeness (QED) is 0.0346. The fourth-order valence-electron chi connectivity index (χ4n) is 7.84. The third-order valence-electron chi connectivity index (χ3n) is 11.7. The maximum absolute atomic E-state index is 12.8. The van der Waals surface area contributed by atoms with Gasteiger partial charge in [-0.3, -0.25) is 9.59 Å². The van der Waals surface area contributed by atoms with Gasteiger partial charge < -0.3 is 39.4 Å². The predicted molar refractivity (Wildman–Crippen MR) is 234 cm³/mol. The van der Waals surface area contributed by atoms with Crippen molar-refractivity contribution in [1.29, 1.82) is 0 Å². The smallest absolute Gasteiger partial charge is 0.306 e. The highest BCUT2D eigenvalue weighted by atomic mass is 16.7. The normalized spacial score (nSPS) is 20.0. The third-order valence-corrected chi connectivity index (χ3v) is 11.7. The van der Waals surface area contributed by atoms with Crippen LogP contribution in [0.25, 0.3) is 0 Å². The molecule has 1 heterocycles. The Labute approximate surface area is 355 Å². The van der Waals surface area contributed by atoms with Crippen LogP contribution in [0.2, 0.25) is 0 Å². The first-order valence-corrected chi connectivity index (χ1v) is 24.6. The first kappa shape index (κ1) is 54.7. The van der Waals surface area contributed by atoms with Crippen molar-refractivity contribution in [2.75, 3.05) is 19.8 Å².